The number of rotatable bonds is 5. The second kappa shape index (κ2) is 5.77. The summed E-state index contributed by atoms with van der Waals surface area (Å²) >= 11 is 0. The molecule has 3 rings (SSSR count). The zero-order chi connectivity index (χ0) is 14.8. The van der Waals surface area contributed by atoms with Crippen LogP contribution in [0, 0.1) is 0 Å². The third kappa shape index (κ3) is 3.03. The smallest absolute Gasteiger partial charge is 0.123 e. The number of hydrogen-bond donors (Lipinski definition) is 1. The highest BCUT2D eigenvalue weighted by Crippen LogP contribution is 2.34. The van der Waals surface area contributed by atoms with Gasteiger partial charge >= 0.3 is 0 Å². The fourth-order valence-corrected chi connectivity index (χ4v) is 2.71. The van der Waals surface area contributed by atoms with Gasteiger partial charge in [0.15, 0.2) is 0 Å². The molecule has 0 spiro atoms. The molecule has 0 fully saturated rings. The summed E-state index contributed by atoms with van der Waals surface area (Å²) in [6.45, 7) is 3.61. The number of aromatic nitrogens is 2. The average Bonchev–Trinajstić information content (AvgIpc) is 3.02. The summed E-state index contributed by atoms with van der Waals surface area (Å²) in [4.78, 5) is 0. The summed E-state index contributed by atoms with van der Waals surface area (Å²) in [5.41, 5.74) is 3.52. The Morgan fingerprint density at radius 1 is 1.43 bits per heavy atom. The monoisotopic (exact) mass is 287 g/mol. The first kappa shape index (κ1) is 13.9. The van der Waals surface area contributed by atoms with Gasteiger partial charge < -0.3 is 14.8 Å². The second-order valence-corrected chi connectivity index (χ2v) is 5.53. The largest absolute Gasteiger partial charge is 0.496 e. The Morgan fingerprint density at radius 3 is 3.00 bits per heavy atom. The van der Waals surface area contributed by atoms with E-state index in [2.05, 4.69) is 29.5 Å². The third-order valence-electron chi connectivity index (χ3n) is 3.70. The Balaban J connectivity index is 1.68. The maximum absolute atomic E-state index is 5.82. The molecule has 1 aromatic carbocycles. The maximum Gasteiger partial charge on any atom is 0.123 e. The van der Waals surface area contributed by atoms with Crippen molar-refractivity contribution < 1.29 is 9.47 Å². The zero-order valence-electron chi connectivity index (χ0n) is 12.7. The molecule has 1 N–H and O–H groups in total. The van der Waals surface area contributed by atoms with Crippen LogP contribution in [-0.4, -0.2) is 23.0 Å². The molecule has 0 saturated carbocycles. The predicted octanol–water partition coefficient (Wildman–Crippen LogP) is 2.04. The van der Waals surface area contributed by atoms with Gasteiger partial charge in [0, 0.05) is 49.4 Å². The molecular formula is C16H21N3O2. The Labute approximate surface area is 124 Å². The minimum Gasteiger partial charge on any atom is -0.496 e. The van der Waals surface area contributed by atoms with Crippen molar-refractivity contribution in [2.75, 3.05) is 7.11 Å². The molecule has 2 heterocycles. The van der Waals surface area contributed by atoms with Gasteiger partial charge in [-0.1, -0.05) is 0 Å². The highest BCUT2D eigenvalue weighted by Gasteiger charge is 2.21. The van der Waals surface area contributed by atoms with E-state index < -0.39 is 0 Å². The predicted molar refractivity (Wildman–Crippen MR) is 80.5 cm³/mol. The van der Waals surface area contributed by atoms with Crippen LogP contribution in [-0.2, 0) is 26.6 Å². The van der Waals surface area contributed by atoms with E-state index in [0.29, 0.717) is 0 Å². The zero-order valence-corrected chi connectivity index (χ0v) is 12.7. The number of nitrogens with zero attached hydrogens (tertiary/aromatic N) is 2. The van der Waals surface area contributed by atoms with Crippen molar-refractivity contribution >= 4 is 0 Å². The van der Waals surface area contributed by atoms with Gasteiger partial charge in [-0.25, -0.2) is 0 Å². The van der Waals surface area contributed by atoms with Crippen LogP contribution >= 0.6 is 0 Å². The van der Waals surface area contributed by atoms with Crippen LogP contribution in [0.4, 0.5) is 0 Å². The molecule has 112 valence electrons. The number of aryl methyl sites for hydroxylation is 1. The molecule has 0 amide bonds. The minimum absolute atomic E-state index is 0.253. The lowest BCUT2D eigenvalue weighted by molar-refractivity contribution is 0.254. The molecule has 1 aromatic heterocycles. The molecule has 21 heavy (non-hydrogen) atoms. The van der Waals surface area contributed by atoms with Gasteiger partial charge in [0.2, 0.25) is 0 Å². The molecule has 2 aromatic rings. The van der Waals surface area contributed by atoms with Gasteiger partial charge in [-0.2, -0.15) is 5.10 Å². The van der Waals surface area contributed by atoms with E-state index in [4.69, 9.17) is 9.47 Å². The van der Waals surface area contributed by atoms with Crippen molar-refractivity contribution in [2.24, 2.45) is 7.05 Å². The van der Waals surface area contributed by atoms with Crippen molar-refractivity contribution in [1.29, 1.82) is 0 Å². The van der Waals surface area contributed by atoms with Gasteiger partial charge in [-0.3, -0.25) is 4.68 Å². The third-order valence-corrected chi connectivity index (χ3v) is 3.70. The van der Waals surface area contributed by atoms with Crippen LogP contribution in [0.25, 0.3) is 0 Å². The minimum atomic E-state index is 0.253. The quantitative estimate of drug-likeness (QED) is 0.914. The summed E-state index contributed by atoms with van der Waals surface area (Å²) < 4.78 is 13.1. The fraction of sp³-hybridized carbons (Fsp3) is 0.438. The van der Waals surface area contributed by atoms with Gasteiger partial charge in [-0.15, -0.1) is 0 Å². The SMILES string of the molecule is COc1cc2c(cc1CNCc1cnn(C)c1)O[C@@H](C)C2. The molecule has 1 aliphatic heterocycles. The number of benzene rings is 1. The number of hydrogen-bond acceptors (Lipinski definition) is 4. The second-order valence-electron chi connectivity index (χ2n) is 5.53. The Kier molecular flexibility index (Phi) is 3.84. The summed E-state index contributed by atoms with van der Waals surface area (Å²) in [5.74, 6) is 1.91. The van der Waals surface area contributed by atoms with E-state index in [1.165, 1.54) is 11.1 Å². The van der Waals surface area contributed by atoms with E-state index in [1.807, 2.05) is 24.1 Å². The average molecular weight is 287 g/mol. The summed E-state index contributed by atoms with van der Waals surface area (Å²) in [5, 5.41) is 7.58. The molecule has 5 heteroatoms. The topological polar surface area (TPSA) is 48.3 Å². The fourth-order valence-electron chi connectivity index (χ4n) is 2.71. The van der Waals surface area contributed by atoms with Gasteiger partial charge in [-0.05, 0) is 19.1 Å². The highest BCUT2D eigenvalue weighted by molar-refractivity contribution is 5.48. The van der Waals surface area contributed by atoms with Crippen LogP contribution < -0.4 is 14.8 Å². The van der Waals surface area contributed by atoms with Gasteiger partial charge in [0.1, 0.15) is 17.6 Å². The molecule has 0 aliphatic carbocycles. The molecule has 0 unspecified atom stereocenters. The summed E-state index contributed by atoms with van der Waals surface area (Å²) in [6.07, 6.45) is 5.09. The van der Waals surface area contributed by atoms with E-state index in [9.17, 15) is 0 Å². The number of methoxy groups -OCH3 is 1. The van der Waals surface area contributed by atoms with Crippen LogP contribution in [0.15, 0.2) is 24.5 Å². The lowest BCUT2D eigenvalue weighted by atomic mass is 10.1. The standard InChI is InChI=1S/C16H21N3O2/c1-11-4-13-5-15(20-3)14(6-16(13)21-11)9-17-7-12-8-18-19(2)10-12/h5-6,8,10-11,17H,4,7,9H2,1-3H3/t11-/m0/s1. The van der Waals surface area contributed by atoms with E-state index >= 15 is 0 Å². The molecule has 1 atom stereocenters. The van der Waals surface area contributed by atoms with Crippen molar-refractivity contribution in [1.82, 2.24) is 15.1 Å². The van der Waals surface area contributed by atoms with E-state index in [-0.39, 0.29) is 6.10 Å². The molecule has 1 aliphatic rings. The van der Waals surface area contributed by atoms with E-state index in [0.717, 1.165) is 36.6 Å². The first-order chi connectivity index (χ1) is 10.2. The first-order valence-corrected chi connectivity index (χ1v) is 7.20. The van der Waals surface area contributed by atoms with Crippen LogP contribution in [0.1, 0.15) is 23.6 Å². The molecule has 0 saturated heterocycles. The van der Waals surface area contributed by atoms with Gasteiger partial charge in [0.25, 0.3) is 0 Å². The lowest BCUT2D eigenvalue weighted by Gasteiger charge is -2.11. The number of fused-ring (bicyclic) bond motifs is 1. The van der Waals surface area contributed by atoms with Crippen molar-refractivity contribution in [3.63, 3.8) is 0 Å². The van der Waals surface area contributed by atoms with Gasteiger partial charge in [0.05, 0.1) is 13.3 Å². The summed E-state index contributed by atoms with van der Waals surface area (Å²) in [7, 11) is 3.64. The Morgan fingerprint density at radius 2 is 2.29 bits per heavy atom. The Hall–Kier alpha value is -2.01. The molecule has 0 bridgehead atoms. The molecular weight excluding hydrogens is 266 g/mol. The summed E-state index contributed by atoms with van der Waals surface area (Å²) in [6, 6.07) is 4.19. The van der Waals surface area contributed by atoms with Crippen LogP contribution in [0.2, 0.25) is 0 Å². The lowest BCUT2D eigenvalue weighted by Crippen LogP contribution is -2.13. The van der Waals surface area contributed by atoms with Crippen molar-refractivity contribution in [2.45, 2.75) is 32.5 Å². The molecule has 5 nitrogen and oxygen atoms in total. The highest BCUT2D eigenvalue weighted by atomic mass is 16.5. The Bertz CT molecular complexity index is 636. The first-order valence-electron chi connectivity index (χ1n) is 7.20. The van der Waals surface area contributed by atoms with Crippen LogP contribution in [0.5, 0.6) is 11.5 Å². The normalized spacial score (nSPS) is 16.6. The molecule has 0 radical (unpaired) electrons. The van der Waals surface area contributed by atoms with Crippen molar-refractivity contribution in [3.05, 3.63) is 41.2 Å². The van der Waals surface area contributed by atoms with Crippen molar-refractivity contribution in [3.8, 4) is 11.5 Å². The van der Waals surface area contributed by atoms with E-state index in [1.54, 1.807) is 7.11 Å². The number of nitrogens with one attached hydrogen (secondary N) is 1. The maximum atomic E-state index is 5.82. The number of ether oxygens (including phenoxy) is 2. The van der Waals surface area contributed by atoms with Crippen LogP contribution in [0.3, 0.4) is 0 Å².